The van der Waals surface area contributed by atoms with Crippen LogP contribution in [0, 0.1) is 0 Å². The first-order chi connectivity index (χ1) is 9.53. The van der Waals surface area contributed by atoms with E-state index in [0.717, 1.165) is 32.2 Å². The average molecular weight is 291 g/mol. The summed E-state index contributed by atoms with van der Waals surface area (Å²) in [4.78, 5) is 0. The van der Waals surface area contributed by atoms with Crippen molar-refractivity contribution in [2.45, 2.75) is 38.6 Å². The molecule has 114 valence electrons. The van der Waals surface area contributed by atoms with Crippen LogP contribution in [0.25, 0.3) is 0 Å². The highest BCUT2D eigenvalue weighted by Gasteiger charge is 2.31. The van der Waals surface area contributed by atoms with Crippen LogP contribution in [0.15, 0.2) is 24.3 Å². The quantitative estimate of drug-likeness (QED) is 0.686. The number of unbranched alkanes of at least 4 members (excludes halogenated alkanes) is 3. The van der Waals surface area contributed by atoms with E-state index in [4.69, 9.17) is 5.11 Å². The molecular weight excluding hydrogens is 271 g/mol. The summed E-state index contributed by atoms with van der Waals surface area (Å²) in [6, 6.07) is 6.12. The first-order valence-corrected chi connectivity index (χ1v) is 6.68. The molecule has 3 nitrogen and oxygen atoms in total. The lowest BCUT2D eigenvalue weighted by molar-refractivity contribution is -0.274. The summed E-state index contributed by atoms with van der Waals surface area (Å²) >= 11 is 0. The second-order valence-corrected chi connectivity index (χ2v) is 4.47. The van der Waals surface area contributed by atoms with Crippen LogP contribution < -0.4 is 10.1 Å². The van der Waals surface area contributed by atoms with Gasteiger partial charge in [-0.1, -0.05) is 31.0 Å². The SMILES string of the molecule is OCCCCCCNCc1ccccc1OC(F)(F)F. The molecule has 6 heteroatoms. The molecule has 0 aromatic heterocycles. The number of alkyl halides is 3. The van der Waals surface area contributed by atoms with Gasteiger partial charge in [-0.2, -0.15) is 0 Å². The van der Waals surface area contributed by atoms with Crippen molar-refractivity contribution >= 4 is 0 Å². The number of hydrogen-bond donors (Lipinski definition) is 2. The van der Waals surface area contributed by atoms with Gasteiger partial charge in [0.15, 0.2) is 0 Å². The first-order valence-electron chi connectivity index (χ1n) is 6.68. The molecule has 0 atom stereocenters. The normalized spacial score (nSPS) is 11.6. The third-order valence-electron chi connectivity index (χ3n) is 2.78. The van der Waals surface area contributed by atoms with Crippen molar-refractivity contribution in [2.24, 2.45) is 0 Å². The van der Waals surface area contributed by atoms with Crippen LogP contribution in [0.5, 0.6) is 5.75 Å². The Hall–Kier alpha value is -1.27. The summed E-state index contributed by atoms with van der Waals surface area (Å²) < 4.78 is 40.6. The zero-order valence-corrected chi connectivity index (χ0v) is 11.2. The molecule has 1 aromatic carbocycles. The molecule has 0 aliphatic rings. The minimum Gasteiger partial charge on any atom is -0.405 e. The Kier molecular flexibility index (Phi) is 7.40. The van der Waals surface area contributed by atoms with Gasteiger partial charge in [-0.15, -0.1) is 13.2 Å². The van der Waals surface area contributed by atoms with Gasteiger partial charge in [0, 0.05) is 18.7 Å². The van der Waals surface area contributed by atoms with E-state index in [-0.39, 0.29) is 12.4 Å². The monoisotopic (exact) mass is 291 g/mol. The van der Waals surface area contributed by atoms with Gasteiger partial charge in [0.2, 0.25) is 0 Å². The zero-order valence-electron chi connectivity index (χ0n) is 11.2. The maximum absolute atomic E-state index is 12.2. The molecule has 0 amide bonds. The van der Waals surface area contributed by atoms with Gasteiger partial charge < -0.3 is 15.2 Å². The van der Waals surface area contributed by atoms with Gasteiger partial charge >= 0.3 is 6.36 Å². The highest BCUT2D eigenvalue weighted by molar-refractivity contribution is 5.33. The highest BCUT2D eigenvalue weighted by atomic mass is 19.4. The van der Waals surface area contributed by atoms with Crippen molar-refractivity contribution < 1.29 is 23.0 Å². The van der Waals surface area contributed by atoms with E-state index in [0.29, 0.717) is 12.1 Å². The lowest BCUT2D eigenvalue weighted by atomic mass is 10.2. The van der Waals surface area contributed by atoms with Gasteiger partial charge in [-0.25, -0.2) is 0 Å². The van der Waals surface area contributed by atoms with Gasteiger partial charge in [-0.05, 0) is 25.5 Å². The van der Waals surface area contributed by atoms with E-state index in [1.165, 1.54) is 12.1 Å². The summed E-state index contributed by atoms with van der Waals surface area (Å²) in [6.45, 7) is 1.27. The smallest absolute Gasteiger partial charge is 0.405 e. The van der Waals surface area contributed by atoms with Crippen molar-refractivity contribution in [1.29, 1.82) is 0 Å². The predicted octanol–water partition coefficient (Wildman–Crippen LogP) is 3.23. The third kappa shape index (κ3) is 7.35. The fraction of sp³-hybridized carbons (Fsp3) is 0.571. The molecule has 0 fully saturated rings. The Balaban J connectivity index is 2.33. The molecule has 0 radical (unpaired) electrons. The molecule has 0 unspecified atom stereocenters. The van der Waals surface area contributed by atoms with Crippen molar-refractivity contribution in [3.63, 3.8) is 0 Å². The number of halogens is 3. The molecule has 20 heavy (non-hydrogen) atoms. The van der Waals surface area contributed by atoms with Crippen LogP contribution in [0.1, 0.15) is 31.2 Å². The van der Waals surface area contributed by atoms with E-state index >= 15 is 0 Å². The topological polar surface area (TPSA) is 41.5 Å². The van der Waals surface area contributed by atoms with E-state index in [2.05, 4.69) is 10.1 Å². The Morgan fingerprint density at radius 2 is 1.75 bits per heavy atom. The van der Waals surface area contributed by atoms with E-state index in [1.54, 1.807) is 12.1 Å². The number of nitrogens with one attached hydrogen (secondary N) is 1. The lowest BCUT2D eigenvalue weighted by Gasteiger charge is -2.13. The molecule has 0 aliphatic carbocycles. The van der Waals surface area contributed by atoms with Gasteiger partial charge in [-0.3, -0.25) is 0 Å². The molecule has 0 saturated carbocycles. The Labute approximate surface area is 116 Å². The Bertz CT molecular complexity index is 383. The van der Waals surface area contributed by atoms with E-state index in [1.807, 2.05) is 0 Å². The van der Waals surface area contributed by atoms with Crippen molar-refractivity contribution in [3.05, 3.63) is 29.8 Å². The molecular formula is C14H20F3NO2. The Morgan fingerprint density at radius 3 is 2.45 bits per heavy atom. The number of para-hydroxylation sites is 1. The van der Waals surface area contributed by atoms with Crippen molar-refractivity contribution in [3.8, 4) is 5.75 Å². The van der Waals surface area contributed by atoms with Crippen LogP contribution in [0.3, 0.4) is 0 Å². The summed E-state index contributed by atoms with van der Waals surface area (Å²) in [5, 5.41) is 11.7. The Morgan fingerprint density at radius 1 is 1.05 bits per heavy atom. The highest BCUT2D eigenvalue weighted by Crippen LogP contribution is 2.25. The fourth-order valence-corrected chi connectivity index (χ4v) is 1.81. The second kappa shape index (κ2) is 8.81. The maximum Gasteiger partial charge on any atom is 0.573 e. The van der Waals surface area contributed by atoms with E-state index in [9.17, 15) is 13.2 Å². The third-order valence-corrected chi connectivity index (χ3v) is 2.78. The largest absolute Gasteiger partial charge is 0.573 e. The summed E-state index contributed by atoms with van der Waals surface area (Å²) in [6.07, 6.45) is -0.981. The van der Waals surface area contributed by atoms with Gasteiger partial charge in [0.05, 0.1) is 0 Å². The summed E-state index contributed by atoms with van der Waals surface area (Å²) in [7, 11) is 0. The number of aliphatic hydroxyl groups excluding tert-OH is 1. The van der Waals surface area contributed by atoms with Gasteiger partial charge in [0.1, 0.15) is 5.75 Å². The van der Waals surface area contributed by atoms with Crippen molar-refractivity contribution in [1.82, 2.24) is 5.32 Å². The average Bonchev–Trinajstić information content (AvgIpc) is 2.38. The second-order valence-electron chi connectivity index (χ2n) is 4.47. The molecule has 0 heterocycles. The minimum atomic E-state index is -4.67. The molecule has 0 aliphatic heterocycles. The number of rotatable bonds is 9. The maximum atomic E-state index is 12.2. The van der Waals surface area contributed by atoms with Crippen LogP contribution in [-0.2, 0) is 6.54 Å². The number of ether oxygens (including phenoxy) is 1. The fourth-order valence-electron chi connectivity index (χ4n) is 1.81. The zero-order chi connectivity index (χ0) is 14.8. The van der Waals surface area contributed by atoms with Crippen LogP contribution in [0.4, 0.5) is 13.2 Å². The van der Waals surface area contributed by atoms with Crippen molar-refractivity contribution in [2.75, 3.05) is 13.2 Å². The van der Waals surface area contributed by atoms with E-state index < -0.39 is 6.36 Å². The number of aliphatic hydroxyl groups is 1. The molecule has 1 aromatic rings. The molecule has 0 bridgehead atoms. The van der Waals surface area contributed by atoms with Crippen LogP contribution >= 0.6 is 0 Å². The molecule has 1 rings (SSSR count). The van der Waals surface area contributed by atoms with Crippen LogP contribution in [0.2, 0.25) is 0 Å². The standard InChI is InChI=1S/C14H20F3NO2/c15-14(16,17)20-13-8-4-3-7-12(13)11-18-9-5-1-2-6-10-19/h3-4,7-8,18-19H,1-2,5-6,9-11H2. The van der Waals surface area contributed by atoms with Crippen LogP contribution in [-0.4, -0.2) is 24.6 Å². The minimum absolute atomic E-state index is 0.159. The summed E-state index contributed by atoms with van der Waals surface area (Å²) in [5.74, 6) is -0.159. The number of hydrogen-bond acceptors (Lipinski definition) is 3. The predicted molar refractivity (Wildman–Crippen MR) is 70.4 cm³/mol. The summed E-state index contributed by atoms with van der Waals surface area (Å²) in [5.41, 5.74) is 0.486. The number of benzene rings is 1. The lowest BCUT2D eigenvalue weighted by Crippen LogP contribution is -2.20. The molecule has 0 spiro atoms. The van der Waals surface area contributed by atoms with Gasteiger partial charge in [0.25, 0.3) is 0 Å². The molecule has 0 saturated heterocycles. The molecule has 2 N–H and O–H groups in total. The first kappa shape index (κ1) is 16.8.